The van der Waals surface area contributed by atoms with Crippen molar-refractivity contribution in [3.63, 3.8) is 0 Å². The van der Waals surface area contributed by atoms with E-state index >= 15 is 0 Å². The first-order valence-electron chi connectivity index (χ1n) is 5.40. The number of hydrogen-bond acceptors (Lipinski definition) is 2. The molecule has 1 atom stereocenters. The largest absolute Gasteiger partial charge is 0.375 e. The van der Waals surface area contributed by atoms with Crippen molar-refractivity contribution in [1.82, 2.24) is 4.90 Å². The molecule has 0 aromatic carbocycles. The van der Waals surface area contributed by atoms with Crippen molar-refractivity contribution >= 4 is 0 Å². The molecule has 2 heteroatoms. The molecule has 1 fully saturated rings. The lowest BCUT2D eigenvalue weighted by Crippen LogP contribution is -2.54. The predicted molar refractivity (Wildman–Crippen MR) is 55.9 cm³/mol. The van der Waals surface area contributed by atoms with Crippen LogP contribution in [0.4, 0.5) is 0 Å². The Hall–Kier alpha value is -0.0800. The molecule has 0 saturated carbocycles. The van der Waals surface area contributed by atoms with Gasteiger partial charge < -0.3 is 9.64 Å². The second kappa shape index (κ2) is 4.43. The van der Waals surface area contributed by atoms with E-state index in [-0.39, 0.29) is 0 Å². The number of nitrogens with zero attached hydrogens (tertiary/aromatic N) is 1. The molecule has 0 bridgehead atoms. The first-order valence-corrected chi connectivity index (χ1v) is 5.40. The molecule has 0 radical (unpaired) electrons. The molecule has 0 N–H and O–H groups in total. The molecule has 1 heterocycles. The van der Waals surface area contributed by atoms with Gasteiger partial charge >= 0.3 is 0 Å². The molecule has 1 saturated heterocycles. The zero-order chi connectivity index (χ0) is 10.0. The Balaban J connectivity index is 2.19. The van der Waals surface area contributed by atoms with Crippen LogP contribution in [0.1, 0.15) is 34.6 Å². The van der Waals surface area contributed by atoms with Crippen LogP contribution in [0.2, 0.25) is 0 Å². The summed E-state index contributed by atoms with van der Waals surface area (Å²) in [6.45, 7) is 13.3. The number of hydrogen-bond donors (Lipinski definition) is 0. The van der Waals surface area contributed by atoms with Crippen molar-refractivity contribution in [2.75, 3.05) is 13.1 Å². The lowest BCUT2D eigenvalue weighted by molar-refractivity contribution is -0.0721. The Bertz CT molecular complexity index is 150. The fraction of sp³-hybridized carbons (Fsp3) is 1.00. The van der Waals surface area contributed by atoms with E-state index < -0.39 is 0 Å². The molecular weight excluding hydrogens is 162 g/mol. The van der Waals surface area contributed by atoms with Crippen LogP contribution in [0.3, 0.4) is 0 Å². The minimum absolute atomic E-state index is 0.364. The van der Waals surface area contributed by atoms with Gasteiger partial charge in [-0.15, -0.1) is 0 Å². The normalized spacial score (nSPS) is 22.4. The summed E-state index contributed by atoms with van der Waals surface area (Å²) < 4.78 is 5.76. The van der Waals surface area contributed by atoms with E-state index in [2.05, 4.69) is 39.5 Å². The van der Waals surface area contributed by atoms with E-state index in [0.717, 1.165) is 5.92 Å². The quantitative estimate of drug-likeness (QED) is 0.665. The zero-order valence-corrected chi connectivity index (χ0v) is 9.58. The van der Waals surface area contributed by atoms with E-state index in [9.17, 15) is 0 Å². The van der Waals surface area contributed by atoms with Gasteiger partial charge in [0.25, 0.3) is 0 Å². The van der Waals surface area contributed by atoms with Gasteiger partial charge in [0.05, 0.1) is 12.2 Å². The summed E-state index contributed by atoms with van der Waals surface area (Å²) in [6.07, 6.45) is 0.790. The maximum Gasteiger partial charge on any atom is 0.0603 e. The van der Waals surface area contributed by atoms with Gasteiger partial charge in [0, 0.05) is 25.0 Å². The number of rotatable bonds is 4. The van der Waals surface area contributed by atoms with Crippen molar-refractivity contribution in [1.29, 1.82) is 0 Å². The lowest BCUT2D eigenvalue weighted by Gasteiger charge is -2.45. The average Bonchev–Trinajstić information content (AvgIpc) is 1.79. The summed E-state index contributed by atoms with van der Waals surface area (Å²) in [5.74, 6) is 0.754. The highest BCUT2D eigenvalue weighted by Gasteiger charge is 2.33. The summed E-state index contributed by atoms with van der Waals surface area (Å²) in [4.78, 5) is 2.49. The highest BCUT2D eigenvalue weighted by Crippen LogP contribution is 2.23. The van der Waals surface area contributed by atoms with Gasteiger partial charge in [-0.2, -0.15) is 0 Å². The molecule has 1 aliphatic heterocycles. The Morgan fingerprint density at radius 3 is 2.00 bits per heavy atom. The average molecular weight is 185 g/mol. The van der Waals surface area contributed by atoms with Gasteiger partial charge in [-0.25, -0.2) is 0 Å². The molecule has 1 rings (SSSR count). The van der Waals surface area contributed by atoms with Crippen LogP contribution >= 0.6 is 0 Å². The minimum Gasteiger partial charge on any atom is -0.375 e. The van der Waals surface area contributed by atoms with Gasteiger partial charge in [0.2, 0.25) is 0 Å². The van der Waals surface area contributed by atoms with E-state index in [1.165, 1.54) is 13.1 Å². The maximum absolute atomic E-state index is 5.76. The smallest absolute Gasteiger partial charge is 0.0603 e. The third-order valence-corrected chi connectivity index (χ3v) is 2.82. The first kappa shape index (κ1) is 11.0. The van der Waals surface area contributed by atoms with Crippen LogP contribution in [-0.4, -0.2) is 36.2 Å². The summed E-state index contributed by atoms with van der Waals surface area (Å²) in [5.41, 5.74) is 0. The van der Waals surface area contributed by atoms with Crippen LogP contribution in [-0.2, 0) is 4.74 Å². The fourth-order valence-corrected chi connectivity index (χ4v) is 1.81. The van der Waals surface area contributed by atoms with E-state index in [4.69, 9.17) is 4.74 Å². The number of ether oxygens (including phenoxy) is 1. The minimum atomic E-state index is 0.364. The molecule has 0 aliphatic carbocycles. The molecule has 78 valence electrons. The van der Waals surface area contributed by atoms with E-state index in [0.29, 0.717) is 18.2 Å². The fourth-order valence-electron chi connectivity index (χ4n) is 1.81. The van der Waals surface area contributed by atoms with Crippen LogP contribution in [0.15, 0.2) is 0 Å². The molecule has 1 aliphatic rings. The predicted octanol–water partition coefficient (Wildman–Crippen LogP) is 2.14. The molecule has 1 unspecified atom stereocenters. The standard InChI is InChI=1S/C11H23NO/c1-8(2)12-6-11(7-12)10(5)13-9(3)4/h8-11H,6-7H2,1-5H3. The van der Waals surface area contributed by atoms with Crippen molar-refractivity contribution in [3.05, 3.63) is 0 Å². The van der Waals surface area contributed by atoms with Crippen molar-refractivity contribution < 1.29 is 4.74 Å². The third kappa shape index (κ3) is 2.96. The van der Waals surface area contributed by atoms with Gasteiger partial charge in [-0.3, -0.25) is 0 Å². The van der Waals surface area contributed by atoms with Crippen LogP contribution in [0.25, 0.3) is 0 Å². The zero-order valence-electron chi connectivity index (χ0n) is 9.58. The Morgan fingerprint density at radius 1 is 1.08 bits per heavy atom. The summed E-state index contributed by atoms with van der Waals surface area (Å²) in [6, 6.07) is 0.697. The Morgan fingerprint density at radius 2 is 1.62 bits per heavy atom. The SMILES string of the molecule is CC(C)OC(C)C1CN(C(C)C)C1. The highest BCUT2D eigenvalue weighted by molar-refractivity contribution is 4.85. The van der Waals surface area contributed by atoms with Gasteiger partial charge in [0.1, 0.15) is 0 Å². The van der Waals surface area contributed by atoms with Gasteiger partial charge in [-0.05, 0) is 34.6 Å². The highest BCUT2D eigenvalue weighted by atomic mass is 16.5. The molecule has 0 aromatic heterocycles. The van der Waals surface area contributed by atoms with Crippen LogP contribution < -0.4 is 0 Å². The second-order valence-corrected chi connectivity index (χ2v) is 4.70. The monoisotopic (exact) mass is 185 g/mol. The van der Waals surface area contributed by atoms with Gasteiger partial charge in [0.15, 0.2) is 0 Å². The summed E-state index contributed by atoms with van der Waals surface area (Å²) >= 11 is 0. The van der Waals surface area contributed by atoms with E-state index in [1.54, 1.807) is 0 Å². The van der Waals surface area contributed by atoms with E-state index in [1.807, 2.05) is 0 Å². The third-order valence-electron chi connectivity index (χ3n) is 2.82. The molecule has 13 heavy (non-hydrogen) atoms. The van der Waals surface area contributed by atoms with Crippen molar-refractivity contribution in [3.8, 4) is 0 Å². The molecule has 0 aromatic rings. The molecule has 2 nitrogen and oxygen atoms in total. The van der Waals surface area contributed by atoms with Crippen LogP contribution in [0.5, 0.6) is 0 Å². The van der Waals surface area contributed by atoms with Crippen molar-refractivity contribution in [2.45, 2.75) is 52.9 Å². The summed E-state index contributed by atoms with van der Waals surface area (Å²) in [5, 5.41) is 0. The number of likely N-dealkylation sites (tertiary alicyclic amines) is 1. The molecule has 0 amide bonds. The Labute approximate surface area is 82.3 Å². The van der Waals surface area contributed by atoms with Gasteiger partial charge in [-0.1, -0.05) is 0 Å². The van der Waals surface area contributed by atoms with Crippen LogP contribution in [0, 0.1) is 5.92 Å². The first-order chi connectivity index (χ1) is 6.00. The molecular formula is C11H23NO. The lowest BCUT2D eigenvalue weighted by atomic mass is 9.93. The summed E-state index contributed by atoms with van der Waals surface area (Å²) in [7, 11) is 0. The molecule has 0 spiro atoms. The maximum atomic E-state index is 5.76. The topological polar surface area (TPSA) is 12.5 Å². The second-order valence-electron chi connectivity index (χ2n) is 4.70. The van der Waals surface area contributed by atoms with Crippen molar-refractivity contribution in [2.24, 2.45) is 5.92 Å². The Kier molecular flexibility index (Phi) is 3.74.